The first-order valence-corrected chi connectivity index (χ1v) is 5.78. The van der Waals surface area contributed by atoms with Crippen molar-refractivity contribution >= 4 is 5.71 Å². The van der Waals surface area contributed by atoms with E-state index in [2.05, 4.69) is 17.0 Å². The molecule has 0 aromatic rings. The molecule has 1 saturated heterocycles. The van der Waals surface area contributed by atoms with Crippen LogP contribution in [0.15, 0.2) is 5.16 Å². The highest BCUT2D eigenvalue weighted by molar-refractivity contribution is 5.87. The summed E-state index contributed by atoms with van der Waals surface area (Å²) in [7, 11) is 0. The minimum absolute atomic E-state index is 0.224. The number of aliphatic hydroxyl groups excluding tert-OH is 1. The number of aliphatic hydroxyl groups is 1. The molecule has 88 valence electrons. The van der Waals surface area contributed by atoms with Gasteiger partial charge in [-0.3, -0.25) is 0 Å². The topological polar surface area (TPSA) is 56.1 Å². The van der Waals surface area contributed by atoms with Crippen LogP contribution in [0.3, 0.4) is 0 Å². The molecule has 0 amide bonds. The van der Waals surface area contributed by atoms with E-state index in [1.54, 1.807) is 0 Å². The third-order valence-corrected chi connectivity index (χ3v) is 3.12. The van der Waals surface area contributed by atoms with Gasteiger partial charge in [-0.05, 0) is 19.8 Å². The van der Waals surface area contributed by atoms with Crippen LogP contribution >= 0.6 is 0 Å². The fourth-order valence-corrected chi connectivity index (χ4v) is 2.05. The lowest BCUT2D eigenvalue weighted by atomic mass is 9.93. The van der Waals surface area contributed by atoms with Gasteiger partial charge in [0, 0.05) is 32.0 Å². The summed E-state index contributed by atoms with van der Waals surface area (Å²) in [6.07, 6.45) is 2.47. The number of oxime groups is 1. The number of hydrogen-bond donors (Lipinski definition) is 2. The molecule has 2 atom stereocenters. The quantitative estimate of drug-likeness (QED) is 0.548. The zero-order valence-electron chi connectivity index (χ0n) is 9.69. The number of nitrogens with zero attached hydrogens (tertiary/aromatic N) is 2. The summed E-state index contributed by atoms with van der Waals surface area (Å²) >= 11 is 0. The summed E-state index contributed by atoms with van der Waals surface area (Å²) in [5.41, 5.74) is 0.936. The van der Waals surface area contributed by atoms with Gasteiger partial charge in [-0.15, -0.1) is 0 Å². The Kier molecular flexibility index (Phi) is 5.05. The van der Waals surface area contributed by atoms with Gasteiger partial charge in [0.05, 0.1) is 11.8 Å². The predicted molar refractivity (Wildman–Crippen MR) is 60.4 cm³/mol. The second kappa shape index (κ2) is 6.08. The van der Waals surface area contributed by atoms with E-state index < -0.39 is 0 Å². The molecule has 0 spiro atoms. The summed E-state index contributed by atoms with van der Waals surface area (Å²) in [5.74, 6) is 0.387. The summed E-state index contributed by atoms with van der Waals surface area (Å²) in [5, 5.41) is 21.4. The van der Waals surface area contributed by atoms with Gasteiger partial charge in [-0.1, -0.05) is 12.1 Å². The highest BCUT2D eigenvalue weighted by Gasteiger charge is 2.24. The summed E-state index contributed by atoms with van der Waals surface area (Å²) in [6.45, 7) is 6.79. The van der Waals surface area contributed by atoms with Crippen molar-refractivity contribution in [2.45, 2.75) is 39.2 Å². The van der Waals surface area contributed by atoms with E-state index >= 15 is 0 Å². The lowest BCUT2D eigenvalue weighted by molar-refractivity contribution is 0.147. The molecule has 4 nitrogen and oxygen atoms in total. The van der Waals surface area contributed by atoms with Gasteiger partial charge >= 0.3 is 0 Å². The van der Waals surface area contributed by atoms with Crippen molar-refractivity contribution in [3.63, 3.8) is 0 Å². The van der Waals surface area contributed by atoms with Crippen LogP contribution in [-0.4, -0.2) is 46.7 Å². The predicted octanol–water partition coefficient (Wildman–Crippen LogP) is 1.32. The molecule has 2 N–H and O–H groups in total. The normalized spacial score (nSPS) is 28.2. The fraction of sp³-hybridized carbons (Fsp3) is 0.909. The molecule has 0 saturated carbocycles. The summed E-state index contributed by atoms with van der Waals surface area (Å²) in [6, 6.07) is 0. The van der Waals surface area contributed by atoms with Crippen molar-refractivity contribution in [2.75, 3.05) is 19.6 Å². The van der Waals surface area contributed by atoms with E-state index in [1.807, 2.05) is 6.92 Å². The van der Waals surface area contributed by atoms with Crippen molar-refractivity contribution in [3.8, 4) is 0 Å². The van der Waals surface area contributed by atoms with Crippen LogP contribution < -0.4 is 0 Å². The Morgan fingerprint density at radius 2 is 2.33 bits per heavy atom. The molecule has 0 aromatic carbocycles. The SMILES string of the molecule is CCC1CN(CCC(C)O)CCC1=NO. The molecular weight excluding hydrogens is 192 g/mol. The Morgan fingerprint density at radius 1 is 1.60 bits per heavy atom. The molecular formula is C11H22N2O2. The minimum atomic E-state index is -0.224. The molecule has 2 unspecified atom stereocenters. The third-order valence-electron chi connectivity index (χ3n) is 3.12. The lowest BCUT2D eigenvalue weighted by Gasteiger charge is -2.32. The van der Waals surface area contributed by atoms with E-state index in [9.17, 15) is 5.11 Å². The Bertz CT molecular complexity index is 217. The molecule has 1 fully saturated rings. The standard InChI is InChI=1S/C11H22N2O2/c1-3-10-8-13(6-4-9(2)14)7-5-11(10)12-15/h9-10,14-15H,3-8H2,1-2H3. The van der Waals surface area contributed by atoms with E-state index in [0.717, 1.165) is 44.6 Å². The van der Waals surface area contributed by atoms with Gasteiger partial charge in [0.1, 0.15) is 0 Å². The van der Waals surface area contributed by atoms with Gasteiger partial charge < -0.3 is 15.2 Å². The average Bonchev–Trinajstić information content (AvgIpc) is 2.25. The van der Waals surface area contributed by atoms with Crippen LogP contribution in [0.4, 0.5) is 0 Å². The first-order valence-electron chi connectivity index (χ1n) is 5.78. The molecule has 0 aromatic heterocycles. The maximum Gasteiger partial charge on any atom is 0.0627 e. The van der Waals surface area contributed by atoms with Gasteiger partial charge in [-0.25, -0.2) is 0 Å². The molecule has 4 heteroatoms. The number of rotatable bonds is 4. The van der Waals surface area contributed by atoms with Gasteiger partial charge in [0.25, 0.3) is 0 Å². The zero-order valence-corrected chi connectivity index (χ0v) is 9.69. The maximum absolute atomic E-state index is 9.21. The number of likely N-dealkylation sites (tertiary alicyclic amines) is 1. The molecule has 1 aliphatic rings. The highest BCUT2D eigenvalue weighted by atomic mass is 16.4. The molecule has 0 bridgehead atoms. The number of piperidine rings is 1. The van der Waals surface area contributed by atoms with Crippen molar-refractivity contribution in [1.82, 2.24) is 4.90 Å². The molecule has 1 aliphatic heterocycles. The van der Waals surface area contributed by atoms with E-state index in [-0.39, 0.29) is 6.10 Å². The second-order valence-corrected chi connectivity index (χ2v) is 4.38. The van der Waals surface area contributed by atoms with Crippen LogP contribution in [0.1, 0.15) is 33.1 Å². The van der Waals surface area contributed by atoms with Gasteiger partial charge in [0.2, 0.25) is 0 Å². The highest BCUT2D eigenvalue weighted by Crippen LogP contribution is 2.17. The fourth-order valence-electron chi connectivity index (χ4n) is 2.05. The van der Waals surface area contributed by atoms with Crippen LogP contribution in [0.2, 0.25) is 0 Å². The first-order chi connectivity index (χ1) is 7.17. The van der Waals surface area contributed by atoms with E-state index in [0.29, 0.717) is 5.92 Å². The molecule has 1 rings (SSSR count). The lowest BCUT2D eigenvalue weighted by Crippen LogP contribution is -2.41. The minimum Gasteiger partial charge on any atom is -0.411 e. The van der Waals surface area contributed by atoms with Crippen LogP contribution in [0.25, 0.3) is 0 Å². The van der Waals surface area contributed by atoms with Crippen molar-refractivity contribution < 1.29 is 10.3 Å². The molecule has 15 heavy (non-hydrogen) atoms. The van der Waals surface area contributed by atoms with Gasteiger partial charge in [-0.2, -0.15) is 0 Å². The third kappa shape index (κ3) is 3.80. The van der Waals surface area contributed by atoms with Crippen LogP contribution in [0.5, 0.6) is 0 Å². The Balaban J connectivity index is 2.39. The smallest absolute Gasteiger partial charge is 0.0627 e. The zero-order chi connectivity index (χ0) is 11.3. The van der Waals surface area contributed by atoms with Crippen molar-refractivity contribution in [1.29, 1.82) is 0 Å². The molecule has 1 heterocycles. The molecule has 0 aliphatic carbocycles. The Morgan fingerprint density at radius 3 is 2.87 bits per heavy atom. The van der Waals surface area contributed by atoms with Crippen molar-refractivity contribution in [3.05, 3.63) is 0 Å². The Hall–Kier alpha value is -0.610. The Labute approximate surface area is 91.6 Å². The van der Waals surface area contributed by atoms with Crippen molar-refractivity contribution in [2.24, 2.45) is 11.1 Å². The van der Waals surface area contributed by atoms with Crippen LogP contribution in [0, 0.1) is 5.92 Å². The number of hydrogen-bond acceptors (Lipinski definition) is 4. The van der Waals surface area contributed by atoms with Gasteiger partial charge in [0.15, 0.2) is 0 Å². The monoisotopic (exact) mass is 214 g/mol. The largest absolute Gasteiger partial charge is 0.411 e. The first kappa shape index (κ1) is 12.5. The maximum atomic E-state index is 9.21. The van der Waals surface area contributed by atoms with Crippen LogP contribution in [-0.2, 0) is 0 Å². The summed E-state index contributed by atoms with van der Waals surface area (Å²) < 4.78 is 0. The van der Waals surface area contributed by atoms with E-state index in [1.165, 1.54) is 0 Å². The van der Waals surface area contributed by atoms with E-state index in [4.69, 9.17) is 5.21 Å². The molecule has 0 radical (unpaired) electrons. The summed E-state index contributed by atoms with van der Waals surface area (Å²) in [4.78, 5) is 2.34. The second-order valence-electron chi connectivity index (χ2n) is 4.38. The average molecular weight is 214 g/mol.